The lowest BCUT2D eigenvalue weighted by molar-refractivity contribution is 0.419. The number of nitrogens with zero attached hydrogens (tertiary/aromatic N) is 1. The van der Waals surface area contributed by atoms with Crippen molar-refractivity contribution in [3.63, 3.8) is 0 Å². The van der Waals surface area contributed by atoms with Crippen LogP contribution in [0.1, 0.15) is 0 Å². The fourth-order valence-electron chi connectivity index (χ4n) is 0.615. The zero-order chi connectivity index (χ0) is 7.56. The third-order valence-corrected chi connectivity index (χ3v) is 1.11. The Morgan fingerprint density at radius 3 is 2.50 bits per heavy atom. The fourth-order valence-corrected chi connectivity index (χ4v) is 0.615. The second-order valence-electron chi connectivity index (χ2n) is 1.81. The minimum atomic E-state index is -1.64. The van der Waals surface area contributed by atoms with Crippen molar-refractivity contribution >= 4 is 12.6 Å². The van der Waals surface area contributed by atoms with Gasteiger partial charge >= 0.3 is 7.12 Å². The van der Waals surface area contributed by atoms with Crippen LogP contribution in [-0.4, -0.2) is 27.3 Å². The molecule has 0 aliphatic carbocycles. The average molecular weight is 139 g/mol. The van der Waals surface area contributed by atoms with Crippen LogP contribution in [0.5, 0.6) is 5.75 Å². The van der Waals surface area contributed by atoms with Crippen molar-refractivity contribution in [2.24, 2.45) is 0 Å². The molecule has 0 bridgehead atoms. The molecule has 0 aliphatic heterocycles. The number of aromatic nitrogens is 1. The molecule has 1 heterocycles. The molecule has 5 heteroatoms. The standard InChI is InChI=1S/C5H6BNO3/c8-5-3-7-2-1-4(5)6(9)10/h1-3,8-10H. The molecule has 0 aliphatic rings. The van der Waals surface area contributed by atoms with Crippen LogP contribution in [0.3, 0.4) is 0 Å². The first-order valence-electron chi connectivity index (χ1n) is 2.71. The van der Waals surface area contributed by atoms with Crippen LogP contribution in [0, 0.1) is 0 Å². The van der Waals surface area contributed by atoms with Gasteiger partial charge in [0.1, 0.15) is 5.75 Å². The summed E-state index contributed by atoms with van der Waals surface area (Å²) in [5.74, 6) is -0.211. The first kappa shape index (κ1) is 7.05. The van der Waals surface area contributed by atoms with Gasteiger partial charge in [-0.1, -0.05) is 0 Å². The third-order valence-electron chi connectivity index (χ3n) is 1.11. The number of aromatic hydroxyl groups is 1. The molecule has 3 N–H and O–H groups in total. The number of hydrogen-bond donors (Lipinski definition) is 3. The molecule has 52 valence electrons. The second kappa shape index (κ2) is 2.68. The first-order chi connectivity index (χ1) is 4.72. The van der Waals surface area contributed by atoms with Gasteiger partial charge in [-0.25, -0.2) is 0 Å². The zero-order valence-corrected chi connectivity index (χ0v) is 5.10. The molecule has 0 radical (unpaired) electrons. The molecule has 1 aromatic heterocycles. The predicted octanol–water partition coefficient (Wildman–Crippen LogP) is -1.53. The summed E-state index contributed by atoms with van der Waals surface area (Å²) < 4.78 is 0. The van der Waals surface area contributed by atoms with Gasteiger partial charge in [0.15, 0.2) is 0 Å². The van der Waals surface area contributed by atoms with Crippen LogP contribution >= 0.6 is 0 Å². The highest BCUT2D eigenvalue weighted by Crippen LogP contribution is 1.99. The zero-order valence-electron chi connectivity index (χ0n) is 5.10. The molecule has 0 aromatic carbocycles. The van der Waals surface area contributed by atoms with Gasteiger partial charge in [-0.2, -0.15) is 0 Å². The van der Waals surface area contributed by atoms with E-state index in [4.69, 9.17) is 15.2 Å². The highest BCUT2D eigenvalue weighted by Gasteiger charge is 2.14. The van der Waals surface area contributed by atoms with E-state index >= 15 is 0 Å². The van der Waals surface area contributed by atoms with E-state index < -0.39 is 7.12 Å². The van der Waals surface area contributed by atoms with E-state index in [9.17, 15) is 0 Å². The Morgan fingerprint density at radius 2 is 2.10 bits per heavy atom. The van der Waals surface area contributed by atoms with E-state index in [1.165, 1.54) is 12.3 Å². The van der Waals surface area contributed by atoms with Crippen molar-refractivity contribution in [3.05, 3.63) is 18.5 Å². The van der Waals surface area contributed by atoms with Gasteiger partial charge < -0.3 is 15.2 Å². The largest absolute Gasteiger partial charge is 0.507 e. The van der Waals surface area contributed by atoms with Gasteiger partial charge in [0, 0.05) is 11.7 Å². The predicted molar refractivity (Wildman–Crippen MR) is 35.7 cm³/mol. The summed E-state index contributed by atoms with van der Waals surface area (Å²) in [5, 5.41) is 26.0. The van der Waals surface area contributed by atoms with Crippen molar-refractivity contribution in [1.29, 1.82) is 0 Å². The quantitative estimate of drug-likeness (QED) is 0.412. The highest BCUT2D eigenvalue weighted by molar-refractivity contribution is 6.59. The molecule has 1 aromatic rings. The van der Waals surface area contributed by atoms with Gasteiger partial charge in [-0.3, -0.25) is 4.98 Å². The highest BCUT2D eigenvalue weighted by atomic mass is 16.4. The Bertz CT molecular complexity index is 228. The molecule has 10 heavy (non-hydrogen) atoms. The van der Waals surface area contributed by atoms with Crippen molar-refractivity contribution in [1.82, 2.24) is 4.98 Å². The summed E-state index contributed by atoms with van der Waals surface area (Å²) in [6.45, 7) is 0. The van der Waals surface area contributed by atoms with E-state index in [1.54, 1.807) is 0 Å². The van der Waals surface area contributed by atoms with Gasteiger partial charge in [-0.15, -0.1) is 0 Å². The number of hydrogen-bond acceptors (Lipinski definition) is 4. The molecule has 0 saturated heterocycles. The Labute approximate surface area is 57.9 Å². The van der Waals surface area contributed by atoms with Crippen molar-refractivity contribution in [3.8, 4) is 5.75 Å². The van der Waals surface area contributed by atoms with Gasteiger partial charge in [0.2, 0.25) is 0 Å². The van der Waals surface area contributed by atoms with Crippen molar-refractivity contribution in [2.75, 3.05) is 0 Å². The van der Waals surface area contributed by atoms with E-state index in [-0.39, 0.29) is 11.2 Å². The smallest absolute Gasteiger partial charge is 0.492 e. The molecule has 0 spiro atoms. The first-order valence-corrected chi connectivity index (χ1v) is 2.71. The number of pyridine rings is 1. The SMILES string of the molecule is OB(O)c1ccncc1O. The summed E-state index contributed by atoms with van der Waals surface area (Å²) in [7, 11) is -1.64. The molecule has 0 saturated carbocycles. The molecule has 0 fully saturated rings. The summed E-state index contributed by atoms with van der Waals surface area (Å²) in [6.07, 6.45) is 2.52. The van der Waals surface area contributed by atoms with Crippen molar-refractivity contribution < 1.29 is 15.2 Å². The molecule has 0 amide bonds. The summed E-state index contributed by atoms with van der Waals surface area (Å²) in [5.41, 5.74) is 0.0648. The molecule has 0 unspecified atom stereocenters. The van der Waals surface area contributed by atoms with Crippen LogP contribution in [0.2, 0.25) is 0 Å². The minimum Gasteiger partial charge on any atom is -0.507 e. The van der Waals surface area contributed by atoms with E-state index in [0.29, 0.717) is 0 Å². The third kappa shape index (κ3) is 1.26. The maximum Gasteiger partial charge on any atom is 0.492 e. The van der Waals surface area contributed by atoms with Crippen LogP contribution in [-0.2, 0) is 0 Å². The van der Waals surface area contributed by atoms with Crippen LogP contribution < -0.4 is 5.46 Å². The van der Waals surface area contributed by atoms with Gasteiger partial charge in [-0.05, 0) is 6.07 Å². The van der Waals surface area contributed by atoms with Crippen LogP contribution in [0.25, 0.3) is 0 Å². The normalized spacial score (nSPS) is 9.40. The average Bonchev–Trinajstić information content (AvgIpc) is 1.88. The number of rotatable bonds is 1. The Kier molecular flexibility index (Phi) is 1.89. The Morgan fingerprint density at radius 1 is 1.40 bits per heavy atom. The molecular formula is C5H6BNO3. The molecule has 0 atom stereocenters. The van der Waals surface area contributed by atoms with E-state index in [2.05, 4.69) is 4.98 Å². The molecule has 4 nitrogen and oxygen atoms in total. The topological polar surface area (TPSA) is 73.6 Å². The van der Waals surface area contributed by atoms with E-state index in [0.717, 1.165) is 6.20 Å². The second-order valence-corrected chi connectivity index (χ2v) is 1.81. The lowest BCUT2D eigenvalue weighted by atomic mass is 9.80. The maximum atomic E-state index is 8.90. The summed E-state index contributed by atoms with van der Waals surface area (Å²) >= 11 is 0. The van der Waals surface area contributed by atoms with Crippen LogP contribution in [0.15, 0.2) is 18.5 Å². The van der Waals surface area contributed by atoms with Crippen LogP contribution in [0.4, 0.5) is 0 Å². The molecular weight excluding hydrogens is 133 g/mol. The molecule has 1 rings (SSSR count). The monoisotopic (exact) mass is 139 g/mol. The van der Waals surface area contributed by atoms with E-state index in [1.807, 2.05) is 0 Å². The summed E-state index contributed by atoms with van der Waals surface area (Å²) in [4.78, 5) is 3.56. The van der Waals surface area contributed by atoms with Gasteiger partial charge in [0.25, 0.3) is 0 Å². The Hall–Kier alpha value is -1.07. The van der Waals surface area contributed by atoms with Crippen molar-refractivity contribution in [2.45, 2.75) is 0 Å². The minimum absolute atomic E-state index is 0.0648. The van der Waals surface area contributed by atoms with Gasteiger partial charge in [0.05, 0.1) is 6.20 Å². The Balaban J connectivity index is 3.03. The maximum absolute atomic E-state index is 8.90. The lowest BCUT2D eigenvalue weighted by Gasteiger charge is -1.99. The summed E-state index contributed by atoms with van der Waals surface area (Å²) in [6, 6.07) is 1.33. The fraction of sp³-hybridized carbons (Fsp3) is 0. The lowest BCUT2D eigenvalue weighted by Crippen LogP contribution is -2.29.